The van der Waals surface area contributed by atoms with Gasteiger partial charge in [0.15, 0.2) is 0 Å². The third kappa shape index (κ3) is 2.79. The molecule has 2 aromatic rings. The highest BCUT2D eigenvalue weighted by molar-refractivity contribution is 5.89. The summed E-state index contributed by atoms with van der Waals surface area (Å²) in [5, 5.41) is 20.9. The maximum atomic E-state index is 10.6. The summed E-state index contributed by atoms with van der Waals surface area (Å²) in [6, 6.07) is 5.28. The molecule has 1 amide bonds. The van der Waals surface area contributed by atoms with Crippen LogP contribution < -0.4 is 5.43 Å². The van der Waals surface area contributed by atoms with Crippen LogP contribution >= 0.6 is 0 Å². The average Bonchev–Trinajstić information content (AvgIpc) is 2.73. The Kier molecular flexibility index (Phi) is 3.62. The van der Waals surface area contributed by atoms with Gasteiger partial charge in [0.25, 0.3) is 0 Å². The maximum Gasteiger partial charge on any atom is 0.419 e. The normalized spacial score (nSPS) is 12.8. The first-order valence-electron chi connectivity index (χ1n) is 5.99. The Bertz CT molecular complexity index is 594. The van der Waals surface area contributed by atoms with Crippen LogP contribution in [0.4, 0.5) is 4.79 Å². The fraction of sp³-hybridized carbons (Fsp3) is 0.308. The Morgan fingerprint density at radius 1 is 1.53 bits per heavy atom. The van der Waals surface area contributed by atoms with Crippen LogP contribution in [0.15, 0.2) is 24.4 Å². The number of benzene rings is 1. The molecule has 0 radical (unpaired) electrons. The van der Waals surface area contributed by atoms with Crippen molar-refractivity contribution in [3.63, 3.8) is 0 Å². The Balaban J connectivity index is 2.19. The number of carbonyl (C=O) groups is 1. The highest BCUT2D eigenvalue weighted by atomic mass is 16.4. The van der Waals surface area contributed by atoms with Crippen molar-refractivity contribution < 1.29 is 15.0 Å². The number of aromatic nitrogens is 1. The van der Waals surface area contributed by atoms with E-state index in [1.54, 1.807) is 19.2 Å². The second-order valence-electron chi connectivity index (χ2n) is 4.59. The van der Waals surface area contributed by atoms with Gasteiger partial charge in [-0.1, -0.05) is 6.07 Å². The van der Waals surface area contributed by atoms with Crippen LogP contribution in [-0.4, -0.2) is 39.4 Å². The fourth-order valence-corrected chi connectivity index (χ4v) is 2.11. The van der Waals surface area contributed by atoms with E-state index in [2.05, 4.69) is 10.4 Å². The number of fused-ring (bicyclic) bond motifs is 1. The summed E-state index contributed by atoms with van der Waals surface area (Å²) in [7, 11) is 1.67. The zero-order valence-electron chi connectivity index (χ0n) is 10.8. The summed E-state index contributed by atoms with van der Waals surface area (Å²) in [4.78, 5) is 13.7. The number of aromatic amines is 1. The van der Waals surface area contributed by atoms with Crippen LogP contribution in [0.25, 0.3) is 10.9 Å². The van der Waals surface area contributed by atoms with E-state index in [0.29, 0.717) is 6.42 Å². The van der Waals surface area contributed by atoms with Crippen molar-refractivity contribution in [2.75, 3.05) is 7.05 Å². The monoisotopic (exact) mass is 263 g/mol. The van der Waals surface area contributed by atoms with Gasteiger partial charge in [0.05, 0.1) is 0 Å². The topological polar surface area (TPSA) is 88.6 Å². The molecule has 19 heavy (non-hydrogen) atoms. The van der Waals surface area contributed by atoms with Crippen LogP contribution in [0.3, 0.4) is 0 Å². The van der Waals surface area contributed by atoms with Gasteiger partial charge >= 0.3 is 6.09 Å². The van der Waals surface area contributed by atoms with E-state index in [0.717, 1.165) is 16.5 Å². The lowest BCUT2D eigenvalue weighted by atomic mass is 10.1. The molecule has 4 N–H and O–H groups in total. The van der Waals surface area contributed by atoms with E-state index in [4.69, 9.17) is 5.11 Å². The molecule has 0 bridgehead atoms. The number of likely N-dealkylation sites (N-methyl/N-ethyl adjacent to an activating group) is 1. The molecular weight excluding hydrogens is 246 g/mol. The predicted molar refractivity (Wildman–Crippen MR) is 72.1 cm³/mol. The minimum Gasteiger partial charge on any atom is -0.507 e. The number of phenols is 1. The Morgan fingerprint density at radius 3 is 2.95 bits per heavy atom. The summed E-state index contributed by atoms with van der Waals surface area (Å²) >= 11 is 0. The lowest BCUT2D eigenvalue weighted by molar-refractivity contribution is 0.133. The number of H-pyrrole nitrogens is 1. The standard InChI is InChI=1S/C13H17N3O3/c1-8(16(2)15-13(18)19)6-9-7-14-10-4-3-5-11(17)12(9)10/h3-5,7-8,14-15,17H,6H2,1-2H3,(H,18,19). The largest absolute Gasteiger partial charge is 0.507 e. The number of nitrogens with one attached hydrogen (secondary N) is 2. The number of hydrogen-bond donors (Lipinski definition) is 4. The van der Waals surface area contributed by atoms with Crippen molar-refractivity contribution in [3.8, 4) is 5.75 Å². The molecule has 0 saturated carbocycles. The molecule has 0 aliphatic carbocycles. The zero-order chi connectivity index (χ0) is 14.0. The number of carboxylic acid groups (broad SMARTS) is 1. The van der Waals surface area contributed by atoms with Crippen LogP contribution in [0.5, 0.6) is 5.75 Å². The van der Waals surface area contributed by atoms with Gasteiger partial charge in [-0.2, -0.15) is 0 Å². The third-order valence-electron chi connectivity index (χ3n) is 3.21. The van der Waals surface area contributed by atoms with Gasteiger partial charge in [-0.15, -0.1) is 0 Å². The predicted octanol–water partition coefficient (Wildman–Crippen LogP) is 1.92. The number of hydrazine groups is 1. The molecule has 1 heterocycles. The number of aromatic hydroxyl groups is 1. The highest BCUT2D eigenvalue weighted by Gasteiger charge is 2.15. The zero-order valence-corrected chi connectivity index (χ0v) is 10.8. The number of hydrogen-bond acceptors (Lipinski definition) is 3. The molecular formula is C13H17N3O3. The van der Waals surface area contributed by atoms with Gasteiger partial charge in [-0.05, 0) is 31.0 Å². The van der Waals surface area contributed by atoms with Gasteiger partial charge in [0, 0.05) is 30.2 Å². The van der Waals surface area contributed by atoms with Crippen molar-refractivity contribution in [2.45, 2.75) is 19.4 Å². The lowest BCUT2D eigenvalue weighted by Gasteiger charge is -2.23. The highest BCUT2D eigenvalue weighted by Crippen LogP contribution is 2.28. The van der Waals surface area contributed by atoms with E-state index >= 15 is 0 Å². The van der Waals surface area contributed by atoms with Gasteiger partial charge < -0.3 is 15.2 Å². The first-order chi connectivity index (χ1) is 8.99. The van der Waals surface area contributed by atoms with Crippen LogP contribution in [-0.2, 0) is 6.42 Å². The molecule has 1 aromatic carbocycles. The average molecular weight is 263 g/mol. The SMILES string of the molecule is CC(Cc1c[nH]c2cccc(O)c12)N(C)NC(=O)O. The van der Waals surface area contributed by atoms with E-state index < -0.39 is 6.09 Å². The molecule has 0 aliphatic heterocycles. The van der Waals surface area contributed by atoms with Crippen molar-refractivity contribution in [2.24, 2.45) is 0 Å². The van der Waals surface area contributed by atoms with Gasteiger partial charge in [0.1, 0.15) is 5.75 Å². The number of phenolic OH excluding ortho intramolecular Hbond substituents is 1. The Labute approximate surface area is 110 Å². The molecule has 6 nitrogen and oxygen atoms in total. The number of amides is 1. The van der Waals surface area contributed by atoms with Crippen molar-refractivity contribution in [1.82, 2.24) is 15.4 Å². The molecule has 0 spiro atoms. The van der Waals surface area contributed by atoms with Crippen molar-refractivity contribution in [3.05, 3.63) is 30.0 Å². The minimum absolute atomic E-state index is 0.0327. The van der Waals surface area contributed by atoms with E-state index in [9.17, 15) is 9.90 Å². The first kappa shape index (κ1) is 13.2. The van der Waals surface area contributed by atoms with E-state index in [1.807, 2.05) is 19.2 Å². The summed E-state index contributed by atoms with van der Waals surface area (Å²) in [6.45, 7) is 1.91. The van der Waals surface area contributed by atoms with Crippen molar-refractivity contribution in [1.29, 1.82) is 0 Å². The smallest absolute Gasteiger partial charge is 0.419 e. The van der Waals surface area contributed by atoms with Gasteiger partial charge in [-0.3, -0.25) is 5.43 Å². The third-order valence-corrected chi connectivity index (χ3v) is 3.21. The Hall–Kier alpha value is -2.21. The molecule has 0 fully saturated rings. The lowest BCUT2D eigenvalue weighted by Crippen LogP contribution is -2.44. The molecule has 1 unspecified atom stereocenters. The van der Waals surface area contributed by atoms with Crippen molar-refractivity contribution >= 4 is 17.0 Å². The van der Waals surface area contributed by atoms with Crippen LogP contribution in [0.2, 0.25) is 0 Å². The van der Waals surface area contributed by atoms with Crippen LogP contribution in [0, 0.1) is 0 Å². The fourth-order valence-electron chi connectivity index (χ4n) is 2.11. The molecule has 6 heteroatoms. The maximum absolute atomic E-state index is 10.6. The summed E-state index contributed by atoms with van der Waals surface area (Å²) in [5.74, 6) is 0.231. The quantitative estimate of drug-likeness (QED) is 0.634. The molecule has 1 aromatic heterocycles. The summed E-state index contributed by atoms with van der Waals surface area (Å²) < 4.78 is 0. The molecule has 0 saturated heterocycles. The molecule has 0 aliphatic rings. The Morgan fingerprint density at radius 2 is 2.26 bits per heavy atom. The second-order valence-corrected chi connectivity index (χ2v) is 4.59. The molecule has 102 valence electrons. The minimum atomic E-state index is -1.09. The van der Waals surface area contributed by atoms with E-state index in [1.165, 1.54) is 5.01 Å². The molecule has 2 rings (SSSR count). The van der Waals surface area contributed by atoms with E-state index in [-0.39, 0.29) is 11.8 Å². The summed E-state index contributed by atoms with van der Waals surface area (Å²) in [6.07, 6.45) is 1.38. The first-order valence-corrected chi connectivity index (χ1v) is 5.99. The number of nitrogens with zero attached hydrogens (tertiary/aromatic N) is 1. The summed E-state index contributed by atoms with van der Waals surface area (Å²) in [5.41, 5.74) is 4.12. The molecule has 1 atom stereocenters. The van der Waals surface area contributed by atoms with Crippen LogP contribution in [0.1, 0.15) is 12.5 Å². The number of rotatable bonds is 4. The van der Waals surface area contributed by atoms with Gasteiger partial charge in [-0.25, -0.2) is 9.80 Å². The second kappa shape index (κ2) is 5.19. The van der Waals surface area contributed by atoms with Gasteiger partial charge in [0.2, 0.25) is 0 Å².